The molecule has 1 aromatic carbocycles. The number of ether oxygens (including phenoxy) is 1. The van der Waals surface area contributed by atoms with Gasteiger partial charge in [0.1, 0.15) is 0 Å². The van der Waals surface area contributed by atoms with Crippen molar-refractivity contribution in [2.45, 2.75) is 26.2 Å². The van der Waals surface area contributed by atoms with Gasteiger partial charge in [-0.3, -0.25) is 4.79 Å². The number of hydrogen-bond acceptors (Lipinski definition) is 3. The fourth-order valence-electron chi connectivity index (χ4n) is 2.66. The summed E-state index contributed by atoms with van der Waals surface area (Å²) in [5.41, 5.74) is 7.90. The zero-order chi connectivity index (χ0) is 14.4. The molecule has 1 amide bonds. The minimum atomic E-state index is -0.426. The van der Waals surface area contributed by atoms with Crippen LogP contribution in [-0.2, 0) is 16.0 Å². The van der Waals surface area contributed by atoms with E-state index >= 15 is 0 Å². The van der Waals surface area contributed by atoms with Crippen molar-refractivity contribution in [3.8, 4) is 0 Å². The summed E-state index contributed by atoms with van der Waals surface area (Å²) in [4.78, 5) is 12.4. The van der Waals surface area contributed by atoms with Crippen LogP contribution in [0.1, 0.15) is 24.0 Å². The number of carbonyl (C=O) groups excluding carboxylic acids is 1. The number of benzene rings is 1. The number of nitrogens with one attached hydrogen (secondary N) is 1. The van der Waals surface area contributed by atoms with Crippen LogP contribution in [-0.4, -0.2) is 32.2 Å². The molecule has 0 bridgehead atoms. The molecule has 3 N–H and O–H groups in total. The molecule has 2 rings (SSSR count). The molecule has 0 unspecified atom stereocenters. The number of aryl methyl sites for hydroxylation is 1. The molecule has 4 nitrogen and oxygen atoms in total. The molecule has 0 saturated carbocycles. The van der Waals surface area contributed by atoms with Crippen LogP contribution in [0, 0.1) is 12.3 Å². The minimum Gasteiger partial charge on any atom is -0.381 e. The van der Waals surface area contributed by atoms with Gasteiger partial charge >= 0.3 is 0 Å². The maximum Gasteiger partial charge on any atom is 0.227 e. The van der Waals surface area contributed by atoms with Gasteiger partial charge in [-0.05, 0) is 31.7 Å². The second kappa shape index (κ2) is 8.37. The van der Waals surface area contributed by atoms with Gasteiger partial charge in [-0.15, -0.1) is 12.4 Å². The number of halogens is 1. The maximum absolute atomic E-state index is 12.4. The van der Waals surface area contributed by atoms with Crippen molar-refractivity contribution in [1.82, 2.24) is 5.32 Å². The summed E-state index contributed by atoms with van der Waals surface area (Å²) in [6, 6.07) is 8.37. The van der Waals surface area contributed by atoms with Gasteiger partial charge in [0.05, 0.1) is 5.41 Å². The van der Waals surface area contributed by atoms with Crippen molar-refractivity contribution in [1.29, 1.82) is 0 Å². The molecule has 21 heavy (non-hydrogen) atoms. The topological polar surface area (TPSA) is 64.4 Å². The molecule has 1 aromatic rings. The first-order valence-corrected chi connectivity index (χ1v) is 7.28. The Morgan fingerprint density at radius 1 is 1.38 bits per heavy atom. The second-order valence-corrected chi connectivity index (χ2v) is 5.59. The SMILES string of the molecule is Cc1cccc(CCNC(=O)C2(CN)CCOCC2)c1.Cl. The highest BCUT2D eigenvalue weighted by Crippen LogP contribution is 2.29. The molecular weight excluding hydrogens is 288 g/mol. The van der Waals surface area contributed by atoms with Crippen molar-refractivity contribution in [3.63, 3.8) is 0 Å². The van der Waals surface area contributed by atoms with Crippen LogP contribution >= 0.6 is 12.4 Å². The van der Waals surface area contributed by atoms with Gasteiger partial charge in [0.15, 0.2) is 0 Å². The first-order chi connectivity index (χ1) is 9.66. The standard InChI is InChI=1S/C16H24N2O2.ClH/c1-13-3-2-4-14(11-13)5-8-18-15(19)16(12-17)6-9-20-10-7-16;/h2-4,11H,5-10,12,17H2,1H3,(H,18,19);1H. The van der Waals surface area contributed by atoms with Crippen molar-refractivity contribution < 1.29 is 9.53 Å². The van der Waals surface area contributed by atoms with E-state index in [1.807, 2.05) is 6.07 Å². The van der Waals surface area contributed by atoms with E-state index in [2.05, 4.69) is 30.4 Å². The molecule has 1 aliphatic rings. The lowest BCUT2D eigenvalue weighted by Crippen LogP contribution is -2.49. The number of rotatable bonds is 5. The van der Waals surface area contributed by atoms with E-state index in [1.165, 1.54) is 11.1 Å². The largest absolute Gasteiger partial charge is 0.381 e. The molecule has 0 spiro atoms. The molecule has 0 aromatic heterocycles. The monoisotopic (exact) mass is 312 g/mol. The Kier molecular flexibility index (Phi) is 7.15. The summed E-state index contributed by atoms with van der Waals surface area (Å²) in [6.45, 7) is 4.38. The zero-order valence-corrected chi connectivity index (χ0v) is 13.4. The lowest BCUT2D eigenvalue weighted by molar-refractivity contribution is -0.135. The normalized spacial score (nSPS) is 16.9. The highest BCUT2D eigenvalue weighted by molar-refractivity contribution is 5.85. The van der Waals surface area contributed by atoms with E-state index in [-0.39, 0.29) is 18.3 Å². The van der Waals surface area contributed by atoms with Crippen LogP contribution in [0.5, 0.6) is 0 Å². The smallest absolute Gasteiger partial charge is 0.227 e. The molecule has 1 aliphatic heterocycles. The van der Waals surface area contributed by atoms with Gasteiger partial charge in [-0.2, -0.15) is 0 Å². The highest BCUT2D eigenvalue weighted by Gasteiger charge is 2.38. The van der Waals surface area contributed by atoms with Crippen molar-refractivity contribution in [2.75, 3.05) is 26.3 Å². The zero-order valence-electron chi connectivity index (χ0n) is 12.6. The lowest BCUT2D eigenvalue weighted by atomic mass is 9.79. The number of carbonyl (C=O) groups is 1. The minimum absolute atomic E-state index is 0. The average molecular weight is 313 g/mol. The summed E-state index contributed by atoms with van der Waals surface area (Å²) in [7, 11) is 0. The molecule has 1 saturated heterocycles. The quantitative estimate of drug-likeness (QED) is 0.872. The predicted molar refractivity (Wildman–Crippen MR) is 86.7 cm³/mol. The summed E-state index contributed by atoms with van der Waals surface area (Å²) in [5.74, 6) is 0.0796. The van der Waals surface area contributed by atoms with Gasteiger partial charge < -0.3 is 15.8 Å². The Morgan fingerprint density at radius 3 is 2.71 bits per heavy atom. The fourth-order valence-corrected chi connectivity index (χ4v) is 2.66. The van der Waals surface area contributed by atoms with E-state index in [0.29, 0.717) is 26.3 Å². The Hall–Kier alpha value is -1.10. The van der Waals surface area contributed by atoms with Gasteiger partial charge in [-0.25, -0.2) is 0 Å². The molecule has 0 radical (unpaired) electrons. The van der Waals surface area contributed by atoms with Crippen LogP contribution in [0.3, 0.4) is 0 Å². The van der Waals surface area contributed by atoms with Gasteiger partial charge in [-0.1, -0.05) is 29.8 Å². The van der Waals surface area contributed by atoms with E-state index < -0.39 is 5.41 Å². The van der Waals surface area contributed by atoms with Gasteiger partial charge in [0.25, 0.3) is 0 Å². The third kappa shape index (κ3) is 4.70. The summed E-state index contributed by atoms with van der Waals surface area (Å²) < 4.78 is 5.33. The Labute approximate surface area is 132 Å². The molecule has 1 fully saturated rings. The van der Waals surface area contributed by atoms with Crippen LogP contribution in [0.15, 0.2) is 24.3 Å². The van der Waals surface area contributed by atoms with Crippen LogP contribution in [0.2, 0.25) is 0 Å². The summed E-state index contributed by atoms with van der Waals surface area (Å²) in [6.07, 6.45) is 2.30. The first kappa shape index (κ1) is 18.0. The summed E-state index contributed by atoms with van der Waals surface area (Å²) >= 11 is 0. The fraction of sp³-hybridized carbons (Fsp3) is 0.562. The predicted octanol–water partition coefficient (Wildman–Crippen LogP) is 1.83. The highest BCUT2D eigenvalue weighted by atomic mass is 35.5. The maximum atomic E-state index is 12.4. The Balaban J connectivity index is 0.00000220. The van der Waals surface area contributed by atoms with Gasteiger partial charge in [0, 0.05) is 26.3 Å². The third-order valence-electron chi connectivity index (χ3n) is 4.10. The van der Waals surface area contributed by atoms with Crippen molar-refractivity contribution >= 4 is 18.3 Å². The van der Waals surface area contributed by atoms with Crippen molar-refractivity contribution in [3.05, 3.63) is 35.4 Å². The molecule has 0 aliphatic carbocycles. The molecule has 5 heteroatoms. The summed E-state index contributed by atoms with van der Waals surface area (Å²) in [5, 5.41) is 3.04. The van der Waals surface area contributed by atoms with E-state index in [9.17, 15) is 4.79 Å². The van der Waals surface area contributed by atoms with Crippen LogP contribution in [0.4, 0.5) is 0 Å². The number of amides is 1. The second-order valence-electron chi connectivity index (χ2n) is 5.59. The van der Waals surface area contributed by atoms with E-state index in [4.69, 9.17) is 10.5 Å². The number of hydrogen-bond donors (Lipinski definition) is 2. The Morgan fingerprint density at radius 2 is 2.10 bits per heavy atom. The van der Waals surface area contributed by atoms with Gasteiger partial charge in [0.2, 0.25) is 5.91 Å². The number of nitrogens with two attached hydrogens (primary N) is 1. The Bertz CT molecular complexity index is 459. The average Bonchev–Trinajstić information content (AvgIpc) is 2.48. The van der Waals surface area contributed by atoms with E-state index in [0.717, 1.165) is 19.3 Å². The van der Waals surface area contributed by atoms with Crippen LogP contribution < -0.4 is 11.1 Å². The lowest BCUT2D eigenvalue weighted by Gasteiger charge is -2.34. The molecule has 0 atom stereocenters. The molecule has 118 valence electrons. The van der Waals surface area contributed by atoms with Crippen molar-refractivity contribution in [2.24, 2.45) is 11.1 Å². The third-order valence-corrected chi connectivity index (χ3v) is 4.10. The molecule has 1 heterocycles. The van der Waals surface area contributed by atoms with Crippen LogP contribution in [0.25, 0.3) is 0 Å². The molecular formula is C16H25ClN2O2. The van der Waals surface area contributed by atoms with E-state index in [1.54, 1.807) is 0 Å². The first-order valence-electron chi connectivity index (χ1n) is 7.28.